The number of carbonyl (C=O) groups is 1. The van der Waals surface area contributed by atoms with Gasteiger partial charge in [0.1, 0.15) is 5.82 Å². The van der Waals surface area contributed by atoms with E-state index in [1.54, 1.807) is 13.1 Å². The summed E-state index contributed by atoms with van der Waals surface area (Å²) in [6, 6.07) is 0. The number of anilines is 1. The van der Waals surface area contributed by atoms with Crippen molar-refractivity contribution >= 4 is 11.7 Å². The minimum absolute atomic E-state index is 0.174. The Balaban J connectivity index is 1.58. The number of amides is 1. The number of β-amino-alcohol motifs (C(OH)–C–C–N with tert-alkyl or cyclic N) is 1. The number of rotatable bonds is 3. The number of nitrogens with zero attached hydrogens (tertiary/aromatic N) is 4. The Hall–Kier alpha value is -1.69. The smallest absolute Gasteiger partial charge is 0.219 e. The lowest BCUT2D eigenvalue weighted by molar-refractivity contribution is -0.130. The molecule has 0 aliphatic carbocycles. The molecule has 0 bridgehead atoms. The topological polar surface area (TPSA) is 69.6 Å². The summed E-state index contributed by atoms with van der Waals surface area (Å²) in [5, 5.41) is 9.64. The van der Waals surface area contributed by atoms with E-state index in [2.05, 4.69) is 9.88 Å². The maximum atomic E-state index is 11.4. The summed E-state index contributed by atoms with van der Waals surface area (Å²) < 4.78 is 0. The molecule has 0 saturated carbocycles. The van der Waals surface area contributed by atoms with Crippen molar-refractivity contribution in [3.05, 3.63) is 18.1 Å². The maximum Gasteiger partial charge on any atom is 0.219 e. The molecule has 1 aromatic heterocycles. The fraction of sp³-hybridized carbons (Fsp3) is 0.688. The van der Waals surface area contributed by atoms with Gasteiger partial charge in [-0.2, -0.15) is 0 Å². The third kappa shape index (κ3) is 3.55. The minimum Gasteiger partial charge on any atom is -0.391 e. The maximum absolute atomic E-state index is 11.4. The Morgan fingerprint density at radius 1 is 1.27 bits per heavy atom. The minimum atomic E-state index is -0.249. The summed E-state index contributed by atoms with van der Waals surface area (Å²) >= 11 is 0. The molecule has 1 N–H and O–H groups in total. The second-order valence-corrected chi connectivity index (χ2v) is 6.41. The van der Waals surface area contributed by atoms with Gasteiger partial charge in [0.2, 0.25) is 5.91 Å². The zero-order valence-corrected chi connectivity index (χ0v) is 13.1. The summed E-state index contributed by atoms with van der Waals surface area (Å²) in [5.41, 5.74) is 1.01. The van der Waals surface area contributed by atoms with Crippen molar-refractivity contribution in [2.75, 3.05) is 31.1 Å². The zero-order chi connectivity index (χ0) is 15.5. The second-order valence-electron chi connectivity index (χ2n) is 6.41. The lowest BCUT2D eigenvalue weighted by Gasteiger charge is -2.31. The van der Waals surface area contributed by atoms with Crippen LogP contribution in [0, 0.1) is 5.92 Å². The van der Waals surface area contributed by atoms with Gasteiger partial charge in [-0.15, -0.1) is 0 Å². The molecule has 0 radical (unpaired) electrons. The fourth-order valence-electron chi connectivity index (χ4n) is 3.34. The number of hydrogen-bond acceptors (Lipinski definition) is 5. The van der Waals surface area contributed by atoms with Crippen LogP contribution in [0.15, 0.2) is 12.4 Å². The molecule has 1 amide bonds. The lowest BCUT2D eigenvalue weighted by Crippen LogP contribution is -2.37. The van der Waals surface area contributed by atoms with Gasteiger partial charge in [-0.05, 0) is 31.6 Å². The Morgan fingerprint density at radius 2 is 2.05 bits per heavy atom. The van der Waals surface area contributed by atoms with Gasteiger partial charge in [0, 0.05) is 39.3 Å². The SMILES string of the molecule is CC(=O)N1CCC(Cc2cncc(N3CCC(O)C3)n2)CC1. The molecule has 6 nitrogen and oxygen atoms in total. The molecular formula is C16H24N4O2. The van der Waals surface area contributed by atoms with E-state index in [4.69, 9.17) is 4.98 Å². The highest BCUT2D eigenvalue weighted by atomic mass is 16.3. The fourth-order valence-corrected chi connectivity index (χ4v) is 3.34. The molecular weight excluding hydrogens is 280 g/mol. The highest BCUT2D eigenvalue weighted by Crippen LogP contribution is 2.23. The molecule has 1 atom stereocenters. The summed E-state index contributed by atoms with van der Waals surface area (Å²) in [6.45, 7) is 4.84. The molecule has 2 aliphatic heterocycles. The van der Waals surface area contributed by atoms with Gasteiger partial charge in [-0.25, -0.2) is 4.98 Å². The van der Waals surface area contributed by atoms with Crippen LogP contribution in [0.4, 0.5) is 5.82 Å². The quantitative estimate of drug-likeness (QED) is 0.896. The van der Waals surface area contributed by atoms with Crippen LogP contribution < -0.4 is 4.90 Å². The van der Waals surface area contributed by atoms with E-state index in [1.165, 1.54) is 0 Å². The first-order valence-corrected chi connectivity index (χ1v) is 8.11. The average Bonchev–Trinajstić information content (AvgIpc) is 2.95. The van der Waals surface area contributed by atoms with Crippen molar-refractivity contribution in [3.8, 4) is 0 Å². The molecule has 2 aliphatic rings. The molecule has 1 unspecified atom stereocenters. The van der Waals surface area contributed by atoms with Gasteiger partial charge in [-0.3, -0.25) is 9.78 Å². The number of likely N-dealkylation sites (tertiary alicyclic amines) is 1. The summed E-state index contributed by atoms with van der Waals surface area (Å²) in [5.74, 6) is 1.62. The van der Waals surface area contributed by atoms with Crippen molar-refractivity contribution in [2.24, 2.45) is 5.92 Å². The number of hydrogen-bond donors (Lipinski definition) is 1. The number of aliphatic hydroxyl groups is 1. The number of carbonyl (C=O) groups excluding carboxylic acids is 1. The standard InChI is InChI=1S/C16H24N4O2/c1-12(21)19-5-2-13(3-6-19)8-14-9-17-10-16(18-14)20-7-4-15(22)11-20/h9-10,13,15,22H,2-8,11H2,1H3. The van der Waals surface area contributed by atoms with E-state index in [0.29, 0.717) is 12.5 Å². The zero-order valence-electron chi connectivity index (χ0n) is 13.1. The van der Waals surface area contributed by atoms with Crippen molar-refractivity contribution in [1.29, 1.82) is 0 Å². The van der Waals surface area contributed by atoms with Crippen LogP contribution >= 0.6 is 0 Å². The molecule has 0 aromatic carbocycles. The first-order valence-electron chi connectivity index (χ1n) is 8.11. The lowest BCUT2D eigenvalue weighted by atomic mass is 9.92. The molecule has 120 valence electrons. The Labute approximate surface area is 131 Å². The molecule has 2 fully saturated rings. The molecule has 3 heterocycles. The van der Waals surface area contributed by atoms with Crippen molar-refractivity contribution in [1.82, 2.24) is 14.9 Å². The second kappa shape index (κ2) is 6.60. The molecule has 0 spiro atoms. The highest BCUT2D eigenvalue weighted by molar-refractivity contribution is 5.73. The van der Waals surface area contributed by atoms with Crippen LogP contribution in [0.25, 0.3) is 0 Å². The monoisotopic (exact) mass is 304 g/mol. The first-order chi connectivity index (χ1) is 10.6. The van der Waals surface area contributed by atoms with E-state index in [1.807, 2.05) is 11.1 Å². The van der Waals surface area contributed by atoms with Gasteiger partial charge >= 0.3 is 0 Å². The van der Waals surface area contributed by atoms with Crippen LogP contribution in [0.3, 0.4) is 0 Å². The molecule has 6 heteroatoms. The number of piperidine rings is 1. The van der Waals surface area contributed by atoms with E-state index < -0.39 is 0 Å². The van der Waals surface area contributed by atoms with Crippen LogP contribution in [0.1, 0.15) is 31.9 Å². The van der Waals surface area contributed by atoms with Gasteiger partial charge in [-0.1, -0.05) is 0 Å². The Kier molecular flexibility index (Phi) is 4.57. The van der Waals surface area contributed by atoms with E-state index in [9.17, 15) is 9.90 Å². The molecule has 1 aromatic rings. The van der Waals surface area contributed by atoms with E-state index in [0.717, 1.165) is 56.8 Å². The van der Waals surface area contributed by atoms with E-state index in [-0.39, 0.29) is 12.0 Å². The molecule has 3 rings (SSSR count). The third-order valence-corrected chi connectivity index (χ3v) is 4.72. The molecule has 22 heavy (non-hydrogen) atoms. The third-order valence-electron chi connectivity index (χ3n) is 4.72. The van der Waals surface area contributed by atoms with Gasteiger partial charge in [0.15, 0.2) is 0 Å². The Morgan fingerprint density at radius 3 is 2.68 bits per heavy atom. The summed E-state index contributed by atoms with van der Waals surface area (Å²) in [6.07, 6.45) is 7.16. The highest BCUT2D eigenvalue weighted by Gasteiger charge is 2.23. The van der Waals surface area contributed by atoms with Crippen LogP contribution in [-0.4, -0.2) is 58.2 Å². The van der Waals surface area contributed by atoms with Crippen LogP contribution in [0.2, 0.25) is 0 Å². The largest absolute Gasteiger partial charge is 0.391 e. The Bertz CT molecular complexity index is 529. The van der Waals surface area contributed by atoms with Gasteiger partial charge in [0.05, 0.1) is 18.0 Å². The first kappa shape index (κ1) is 15.2. The average molecular weight is 304 g/mol. The van der Waals surface area contributed by atoms with Crippen molar-refractivity contribution < 1.29 is 9.90 Å². The van der Waals surface area contributed by atoms with E-state index >= 15 is 0 Å². The predicted octanol–water partition coefficient (Wildman–Crippen LogP) is 0.849. The normalized spacial score (nSPS) is 23.1. The van der Waals surface area contributed by atoms with Gasteiger partial charge < -0.3 is 14.9 Å². The number of aromatic nitrogens is 2. The summed E-state index contributed by atoms with van der Waals surface area (Å²) in [7, 11) is 0. The van der Waals surface area contributed by atoms with Crippen LogP contribution in [0.5, 0.6) is 0 Å². The molecule has 2 saturated heterocycles. The predicted molar refractivity (Wildman–Crippen MR) is 83.6 cm³/mol. The number of aliphatic hydroxyl groups excluding tert-OH is 1. The van der Waals surface area contributed by atoms with Crippen molar-refractivity contribution in [3.63, 3.8) is 0 Å². The van der Waals surface area contributed by atoms with Crippen LogP contribution in [-0.2, 0) is 11.2 Å². The van der Waals surface area contributed by atoms with Crippen molar-refractivity contribution in [2.45, 2.75) is 38.7 Å². The van der Waals surface area contributed by atoms with Gasteiger partial charge in [0.25, 0.3) is 0 Å². The summed E-state index contributed by atoms with van der Waals surface area (Å²) in [4.78, 5) is 24.4.